The summed E-state index contributed by atoms with van der Waals surface area (Å²) >= 11 is 0. The van der Waals surface area contributed by atoms with Crippen LogP contribution in [0.3, 0.4) is 0 Å². The highest BCUT2D eigenvalue weighted by atomic mass is 16.4. The molecule has 0 saturated carbocycles. The SMILES string of the molecule is C#CCC(=O)NC(C)(CCC)C(=O)O. The van der Waals surface area contributed by atoms with E-state index in [-0.39, 0.29) is 6.42 Å². The van der Waals surface area contributed by atoms with Crippen LogP contribution in [-0.4, -0.2) is 22.5 Å². The van der Waals surface area contributed by atoms with Gasteiger partial charge in [-0.15, -0.1) is 6.42 Å². The standard InChI is InChI=1S/C10H15NO3/c1-4-6-8(12)11-10(3,7-5-2)9(13)14/h1H,5-7H2,2-3H3,(H,11,12)(H,13,14). The van der Waals surface area contributed by atoms with Gasteiger partial charge in [0.2, 0.25) is 5.91 Å². The Morgan fingerprint density at radius 3 is 2.50 bits per heavy atom. The molecule has 0 aromatic rings. The van der Waals surface area contributed by atoms with Crippen molar-refractivity contribution >= 4 is 11.9 Å². The van der Waals surface area contributed by atoms with Crippen LogP contribution in [0.4, 0.5) is 0 Å². The highest BCUT2D eigenvalue weighted by Crippen LogP contribution is 2.12. The average Bonchev–Trinajstić information content (AvgIpc) is 2.04. The van der Waals surface area contributed by atoms with Gasteiger partial charge in [0, 0.05) is 0 Å². The zero-order valence-corrected chi connectivity index (χ0v) is 8.46. The molecule has 1 unspecified atom stereocenters. The molecule has 0 aliphatic carbocycles. The van der Waals surface area contributed by atoms with E-state index in [2.05, 4.69) is 11.2 Å². The summed E-state index contributed by atoms with van der Waals surface area (Å²) in [5.74, 6) is 0.704. The molecule has 0 heterocycles. The second-order valence-corrected chi connectivity index (χ2v) is 3.32. The number of terminal acetylenes is 1. The van der Waals surface area contributed by atoms with Crippen LogP contribution in [0, 0.1) is 12.3 Å². The molecule has 0 aliphatic rings. The molecule has 2 N–H and O–H groups in total. The first kappa shape index (κ1) is 12.5. The Kier molecular flexibility index (Phi) is 4.71. The van der Waals surface area contributed by atoms with E-state index >= 15 is 0 Å². The number of rotatable bonds is 5. The van der Waals surface area contributed by atoms with Crippen molar-refractivity contribution in [3.63, 3.8) is 0 Å². The molecule has 0 rings (SSSR count). The Hall–Kier alpha value is -1.50. The highest BCUT2D eigenvalue weighted by Gasteiger charge is 2.33. The number of aliphatic carboxylic acids is 1. The molecule has 4 nitrogen and oxygen atoms in total. The van der Waals surface area contributed by atoms with Gasteiger partial charge in [-0.3, -0.25) is 4.79 Å². The van der Waals surface area contributed by atoms with Crippen molar-refractivity contribution in [1.82, 2.24) is 5.32 Å². The quantitative estimate of drug-likeness (QED) is 0.640. The molecule has 0 aliphatic heterocycles. The van der Waals surface area contributed by atoms with Gasteiger partial charge in [0.15, 0.2) is 0 Å². The zero-order chi connectivity index (χ0) is 11.2. The van der Waals surface area contributed by atoms with Gasteiger partial charge < -0.3 is 10.4 Å². The Morgan fingerprint density at radius 2 is 2.14 bits per heavy atom. The van der Waals surface area contributed by atoms with Gasteiger partial charge in [-0.25, -0.2) is 4.79 Å². The van der Waals surface area contributed by atoms with Gasteiger partial charge in [-0.2, -0.15) is 0 Å². The molecule has 1 amide bonds. The summed E-state index contributed by atoms with van der Waals surface area (Å²) in [6.07, 6.45) is 5.92. The normalized spacial score (nSPS) is 13.8. The Labute approximate surface area is 83.7 Å². The second-order valence-electron chi connectivity index (χ2n) is 3.32. The van der Waals surface area contributed by atoms with E-state index in [0.717, 1.165) is 0 Å². The molecule has 14 heavy (non-hydrogen) atoms. The first-order valence-corrected chi connectivity index (χ1v) is 4.44. The topological polar surface area (TPSA) is 66.4 Å². The lowest BCUT2D eigenvalue weighted by Gasteiger charge is -2.25. The monoisotopic (exact) mass is 197 g/mol. The second kappa shape index (κ2) is 5.28. The maximum Gasteiger partial charge on any atom is 0.329 e. The number of carboxylic acid groups (broad SMARTS) is 1. The van der Waals surface area contributed by atoms with Crippen molar-refractivity contribution < 1.29 is 14.7 Å². The first-order valence-electron chi connectivity index (χ1n) is 4.44. The molecule has 4 heteroatoms. The molecule has 0 spiro atoms. The molecule has 0 fully saturated rings. The van der Waals surface area contributed by atoms with Crippen molar-refractivity contribution in [2.45, 2.75) is 38.6 Å². The fourth-order valence-electron chi connectivity index (χ4n) is 1.17. The van der Waals surface area contributed by atoms with Gasteiger partial charge in [0.05, 0.1) is 6.42 Å². The predicted molar refractivity (Wildman–Crippen MR) is 52.5 cm³/mol. The largest absolute Gasteiger partial charge is 0.480 e. The first-order chi connectivity index (χ1) is 6.46. The van der Waals surface area contributed by atoms with Crippen molar-refractivity contribution in [2.24, 2.45) is 0 Å². The van der Waals surface area contributed by atoms with Crippen molar-refractivity contribution in [1.29, 1.82) is 0 Å². The Balaban J connectivity index is 4.46. The van der Waals surface area contributed by atoms with Gasteiger partial charge in [-0.05, 0) is 13.3 Å². The summed E-state index contributed by atoms with van der Waals surface area (Å²) in [6.45, 7) is 3.34. The number of nitrogens with one attached hydrogen (secondary N) is 1. The van der Waals surface area contributed by atoms with Crippen molar-refractivity contribution in [3.8, 4) is 12.3 Å². The number of carboxylic acids is 1. The van der Waals surface area contributed by atoms with Crippen molar-refractivity contribution in [3.05, 3.63) is 0 Å². The summed E-state index contributed by atoms with van der Waals surface area (Å²) in [5, 5.41) is 11.3. The van der Waals surface area contributed by atoms with Crippen LogP contribution in [0.1, 0.15) is 33.1 Å². The highest BCUT2D eigenvalue weighted by molar-refractivity contribution is 5.87. The number of carbonyl (C=O) groups is 2. The fourth-order valence-corrected chi connectivity index (χ4v) is 1.17. The number of amides is 1. The van der Waals surface area contributed by atoms with E-state index in [4.69, 9.17) is 11.5 Å². The molecule has 0 radical (unpaired) electrons. The number of hydrogen-bond acceptors (Lipinski definition) is 2. The molecule has 0 bridgehead atoms. The minimum Gasteiger partial charge on any atom is -0.480 e. The minimum atomic E-state index is -1.21. The van der Waals surface area contributed by atoms with Crippen LogP contribution in [0.25, 0.3) is 0 Å². The molecule has 0 aromatic heterocycles. The third kappa shape index (κ3) is 3.48. The third-order valence-corrected chi connectivity index (χ3v) is 1.90. The van der Waals surface area contributed by atoms with Crippen LogP contribution >= 0.6 is 0 Å². The van der Waals surface area contributed by atoms with Crippen molar-refractivity contribution in [2.75, 3.05) is 0 Å². The van der Waals surface area contributed by atoms with E-state index < -0.39 is 17.4 Å². The zero-order valence-electron chi connectivity index (χ0n) is 8.46. The molecular formula is C10H15NO3. The summed E-state index contributed by atoms with van der Waals surface area (Å²) < 4.78 is 0. The summed E-state index contributed by atoms with van der Waals surface area (Å²) in [5.41, 5.74) is -1.21. The van der Waals surface area contributed by atoms with Gasteiger partial charge in [0.25, 0.3) is 0 Å². The van der Waals surface area contributed by atoms with Crippen LogP contribution in [0.2, 0.25) is 0 Å². The van der Waals surface area contributed by atoms with Crippen LogP contribution in [-0.2, 0) is 9.59 Å². The third-order valence-electron chi connectivity index (χ3n) is 1.90. The maximum absolute atomic E-state index is 11.1. The molecule has 1 atom stereocenters. The molecule has 78 valence electrons. The Morgan fingerprint density at radius 1 is 1.57 bits per heavy atom. The van der Waals surface area contributed by atoms with Gasteiger partial charge in [-0.1, -0.05) is 19.3 Å². The van der Waals surface area contributed by atoms with E-state index in [1.165, 1.54) is 6.92 Å². The maximum atomic E-state index is 11.1. The van der Waals surface area contributed by atoms with Gasteiger partial charge in [0.1, 0.15) is 5.54 Å². The summed E-state index contributed by atoms with van der Waals surface area (Å²) in [7, 11) is 0. The van der Waals surface area contributed by atoms with Crippen LogP contribution in [0.5, 0.6) is 0 Å². The molecular weight excluding hydrogens is 182 g/mol. The van der Waals surface area contributed by atoms with E-state index in [9.17, 15) is 9.59 Å². The van der Waals surface area contributed by atoms with E-state index in [0.29, 0.717) is 12.8 Å². The lowest BCUT2D eigenvalue weighted by atomic mass is 9.96. The lowest BCUT2D eigenvalue weighted by molar-refractivity contribution is -0.147. The number of carbonyl (C=O) groups excluding carboxylic acids is 1. The minimum absolute atomic E-state index is 0.0907. The smallest absolute Gasteiger partial charge is 0.329 e. The molecule has 0 saturated heterocycles. The average molecular weight is 197 g/mol. The fraction of sp³-hybridized carbons (Fsp3) is 0.600. The summed E-state index contributed by atoms with van der Waals surface area (Å²) in [6, 6.07) is 0. The summed E-state index contributed by atoms with van der Waals surface area (Å²) in [4.78, 5) is 22.0. The number of hydrogen-bond donors (Lipinski definition) is 2. The molecule has 0 aromatic carbocycles. The van der Waals surface area contributed by atoms with E-state index in [1.54, 1.807) is 0 Å². The van der Waals surface area contributed by atoms with Crippen LogP contribution < -0.4 is 5.32 Å². The van der Waals surface area contributed by atoms with Gasteiger partial charge >= 0.3 is 5.97 Å². The Bertz CT molecular complexity index is 267. The van der Waals surface area contributed by atoms with Crippen LogP contribution in [0.15, 0.2) is 0 Å². The lowest BCUT2D eigenvalue weighted by Crippen LogP contribution is -2.52. The predicted octanol–water partition coefficient (Wildman–Crippen LogP) is 0.769. The van der Waals surface area contributed by atoms with E-state index in [1.807, 2.05) is 6.92 Å².